The third kappa shape index (κ3) is 2.54. The predicted molar refractivity (Wildman–Crippen MR) is 94.6 cm³/mol. The van der Waals surface area contributed by atoms with Gasteiger partial charge in [0, 0.05) is 35.4 Å². The second-order valence-electron chi connectivity index (χ2n) is 5.72. The first-order valence-corrected chi connectivity index (χ1v) is 8.57. The molecule has 25 heavy (non-hydrogen) atoms. The topological polar surface area (TPSA) is 90.1 Å². The molecule has 0 spiro atoms. The van der Waals surface area contributed by atoms with Gasteiger partial charge < -0.3 is 5.32 Å². The molecule has 4 rings (SSSR count). The van der Waals surface area contributed by atoms with Gasteiger partial charge in [-0.05, 0) is 12.1 Å². The van der Waals surface area contributed by atoms with E-state index in [1.165, 1.54) is 24.8 Å². The van der Waals surface area contributed by atoms with E-state index >= 15 is 0 Å². The molecule has 0 saturated heterocycles. The van der Waals surface area contributed by atoms with E-state index in [1.54, 1.807) is 10.7 Å². The van der Waals surface area contributed by atoms with E-state index in [1.807, 2.05) is 24.3 Å². The van der Waals surface area contributed by atoms with Gasteiger partial charge in [-0.1, -0.05) is 30.0 Å². The number of rotatable bonds is 4. The minimum atomic E-state index is -0.353. The number of hydrogen-bond acceptors (Lipinski definition) is 5. The van der Waals surface area contributed by atoms with Crippen LogP contribution in [0, 0.1) is 10.1 Å². The zero-order chi connectivity index (χ0) is 17.6. The second kappa shape index (κ2) is 5.89. The molecule has 1 aromatic heterocycles. The molecule has 0 saturated carbocycles. The number of nitrogens with one attached hydrogen (secondary N) is 1. The van der Waals surface area contributed by atoms with Gasteiger partial charge >= 0.3 is 0 Å². The van der Waals surface area contributed by atoms with Gasteiger partial charge in [0.15, 0.2) is 0 Å². The van der Waals surface area contributed by atoms with Crippen molar-refractivity contribution >= 4 is 34.3 Å². The Hall–Kier alpha value is -2.87. The Kier molecular flexibility index (Phi) is 3.69. The Morgan fingerprint density at radius 2 is 2.12 bits per heavy atom. The summed E-state index contributed by atoms with van der Waals surface area (Å²) in [5.41, 5.74) is 2.66. The van der Waals surface area contributed by atoms with Gasteiger partial charge in [-0.3, -0.25) is 19.6 Å². The highest BCUT2D eigenvalue weighted by Gasteiger charge is 2.29. The van der Waals surface area contributed by atoms with E-state index in [2.05, 4.69) is 10.4 Å². The van der Waals surface area contributed by atoms with Gasteiger partial charge in [-0.25, -0.2) is 0 Å². The van der Waals surface area contributed by atoms with Gasteiger partial charge in [0.1, 0.15) is 10.6 Å². The van der Waals surface area contributed by atoms with Crippen LogP contribution in [0.1, 0.15) is 6.92 Å². The van der Waals surface area contributed by atoms with E-state index in [-0.39, 0.29) is 16.5 Å². The highest BCUT2D eigenvalue weighted by molar-refractivity contribution is 8.00. The van der Waals surface area contributed by atoms with E-state index in [0.717, 1.165) is 27.1 Å². The van der Waals surface area contributed by atoms with Crippen LogP contribution in [-0.4, -0.2) is 27.2 Å². The fraction of sp³-hybridized carbons (Fsp3) is 0.176. The summed E-state index contributed by atoms with van der Waals surface area (Å²) < 4.78 is 1.80. The second-order valence-corrected chi connectivity index (χ2v) is 6.77. The van der Waals surface area contributed by atoms with E-state index in [4.69, 9.17) is 0 Å². The van der Waals surface area contributed by atoms with Gasteiger partial charge in [0.25, 0.3) is 5.69 Å². The van der Waals surface area contributed by atoms with E-state index in [9.17, 15) is 14.9 Å². The lowest BCUT2D eigenvalue weighted by Gasteiger charge is -2.14. The quantitative estimate of drug-likeness (QED) is 0.449. The maximum atomic E-state index is 11.4. The number of nitrogens with zero attached hydrogens (tertiary/aromatic N) is 3. The molecular formula is C17H14N4O3S. The molecule has 126 valence electrons. The Morgan fingerprint density at radius 1 is 1.32 bits per heavy atom. The van der Waals surface area contributed by atoms with Crippen LogP contribution >= 0.6 is 11.8 Å². The molecule has 0 fully saturated rings. The number of benzene rings is 2. The first-order chi connectivity index (χ1) is 12.1. The minimum Gasteiger partial charge on any atom is -0.354 e. The Balaban J connectivity index is 1.91. The van der Waals surface area contributed by atoms with Crippen molar-refractivity contribution in [2.24, 2.45) is 0 Å². The van der Waals surface area contributed by atoms with Crippen molar-refractivity contribution in [3.8, 4) is 11.3 Å². The summed E-state index contributed by atoms with van der Waals surface area (Å²) in [6.45, 7) is 2.42. The molecule has 0 unspecified atom stereocenters. The number of aromatic nitrogens is 2. The summed E-state index contributed by atoms with van der Waals surface area (Å²) in [6, 6.07) is 11.0. The molecular weight excluding hydrogens is 340 g/mol. The molecule has 1 aliphatic rings. The number of amides is 1. The summed E-state index contributed by atoms with van der Waals surface area (Å²) in [5, 5.41) is 19.7. The summed E-state index contributed by atoms with van der Waals surface area (Å²) >= 11 is 1.41. The molecule has 8 heteroatoms. The first-order valence-electron chi connectivity index (χ1n) is 7.76. The molecule has 3 aromatic rings. The van der Waals surface area contributed by atoms with Gasteiger partial charge in [-0.15, -0.1) is 0 Å². The van der Waals surface area contributed by atoms with Gasteiger partial charge in [-0.2, -0.15) is 5.10 Å². The standard InChI is InChI=1S/C17H14N4O3S/c1-10(22)18-8-9-20-12-6-7-13(21(23)24)17-15(12)16(19-20)11-4-2-3-5-14(11)25-17/h2-7H,8-9H2,1H3,(H,18,22). The fourth-order valence-electron chi connectivity index (χ4n) is 3.03. The third-order valence-electron chi connectivity index (χ3n) is 4.10. The predicted octanol–water partition coefficient (Wildman–Crippen LogP) is 3.21. The fourth-order valence-corrected chi connectivity index (χ4v) is 4.23. The summed E-state index contributed by atoms with van der Waals surface area (Å²) in [4.78, 5) is 23.8. The molecule has 1 amide bonds. The van der Waals surface area contributed by atoms with Gasteiger partial charge in [0.05, 0.1) is 17.0 Å². The average Bonchev–Trinajstić information content (AvgIpc) is 2.95. The molecule has 1 N–H and O–H groups in total. The van der Waals surface area contributed by atoms with Crippen molar-refractivity contribution in [1.29, 1.82) is 0 Å². The number of hydrogen-bond donors (Lipinski definition) is 1. The molecule has 0 radical (unpaired) electrons. The third-order valence-corrected chi connectivity index (χ3v) is 5.29. The Labute approximate surface area is 147 Å². The minimum absolute atomic E-state index is 0.0923. The number of nitro groups is 1. The van der Waals surface area contributed by atoms with Gasteiger partial charge in [0.2, 0.25) is 5.91 Å². The lowest BCUT2D eigenvalue weighted by Crippen LogP contribution is -2.24. The van der Waals surface area contributed by atoms with Crippen molar-refractivity contribution in [2.75, 3.05) is 6.54 Å². The Morgan fingerprint density at radius 3 is 2.88 bits per heavy atom. The largest absolute Gasteiger partial charge is 0.354 e. The van der Waals surface area contributed by atoms with Crippen LogP contribution in [0.4, 0.5) is 5.69 Å². The maximum Gasteiger partial charge on any atom is 0.284 e. The molecule has 0 bridgehead atoms. The van der Waals surface area contributed by atoms with Crippen LogP contribution in [0.25, 0.3) is 22.2 Å². The normalized spacial score (nSPS) is 12.0. The molecule has 2 heterocycles. The summed E-state index contributed by atoms with van der Waals surface area (Å²) in [5.74, 6) is -0.0989. The van der Waals surface area contributed by atoms with Crippen LogP contribution < -0.4 is 5.32 Å². The molecule has 2 aromatic carbocycles. The van der Waals surface area contributed by atoms with Crippen LogP contribution in [0.5, 0.6) is 0 Å². The van der Waals surface area contributed by atoms with Crippen molar-refractivity contribution in [1.82, 2.24) is 15.1 Å². The zero-order valence-electron chi connectivity index (χ0n) is 13.4. The average molecular weight is 354 g/mol. The molecule has 7 nitrogen and oxygen atoms in total. The highest BCUT2D eigenvalue weighted by atomic mass is 32.2. The van der Waals surface area contributed by atoms with Crippen molar-refractivity contribution in [3.05, 3.63) is 46.5 Å². The van der Waals surface area contributed by atoms with Crippen molar-refractivity contribution in [2.45, 2.75) is 23.3 Å². The smallest absolute Gasteiger partial charge is 0.284 e. The number of carbonyl (C=O) groups is 1. The summed E-state index contributed by atoms with van der Waals surface area (Å²) in [7, 11) is 0. The van der Waals surface area contributed by atoms with Crippen LogP contribution in [0.2, 0.25) is 0 Å². The Bertz CT molecular complexity index is 1030. The highest BCUT2D eigenvalue weighted by Crippen LogP contribution is 2.50. The molecule has 1 aliphatic heterocycles. The van der Waals surface area contributed by atoms with Crippen molar-refractivity contribution < 1.29 is 9.72 Å². The van der Waals surface area contributed by atoms with E-state index < -0.39 is 0 Å². The molecule has 0 atom stereocenters. The lowest BCUT2D eigenvalue weighted by atomic mass is 10.1. The van der Waals surface area contributed by atoms with Crippen molar-refractivity contribution in [3.63, 3.8) is 0 Å². The SMILES string of the molecule is CC(=O)NCCn1nc2c3c(c([N+](=O)[O-])ccc31)Sc1ccccc1-2. The number of fused-ring (bicyclic) bond motifs is 2. The van der Waals surface area contributed by atoms with Crippen LogP contribution in [0.15, 0.2) is 46.2 Å². The lowest BCUT2D eigenvalue weighted by molar-refractivity contribution is -0.387. The zero-order valence-corrected chi connectivity index (χ0v) is 14.2. The monoisotopic (exact) mass is 354 g/mol. The maximum absolute atomic E-state index is 11.4. The summed E-state index contributed by atoms with van der Waals surface area (Å²) in [6.07, 6.45) is 0. The van der Waals surface area contributed by atoms with Crippen LogP contribution in [0.3, 0.4) is 0 Å². The number of carbonyl (C=O) groups excluding carboxylic acids is 1. The van der Waals surface area contributed by atoms with E-state index in [0.29, 0.717) is 18.0 Å². The number of nitro benzene ring substituents is 1. The molecule has 0 aliphatic carbocycles. The first kappa shape index (κ1) is 15.6. The van der Waals surface area contributed by atoms with Crippen LogP contribution in [-0.2, 0) is 11.3 Å².